The number of anilines is 3. The summed E-state index contributed by atoms with van der Waals surface area (Å²) in [6, 6.07) is 19.5. The van der Waals surface area contributed by atoms with Gasteiger partial charge in [-0.1, -0.05) is 17.7 Å². The molecule has 4 rings (SSSR count). The fourth-order valence-corrected chi connectivity index (χ4v) is 4.05. The Morgan fingerprint density at radius 1 is 0.909 bits per heavy atom. The zero-order valence-electron chi connectivity index (χ0n) is 18.1. The molecule has 1 fully saturated rings. The summed E-state index contributed by atoms with van der Waals surface area (Å²) in [5, 5.41) is 12.9. The van der Waals surface area contributed by atoms with Gasteiger partial charge in [0.25, 0.3) is 5.91 Å². The second-order valence-corrected chi connectivity index (χ2v) is 8.11. The van der Waals surface area contributed by atoms with Crippen molar-refractivity contribution < 1.29 is 19.4 Å². The number of nitrogens with one attached hydrogen (secondary N) is 1. The van der Waals surface area contributed by atoms with E-state index in [9.17, 15) is 14.7 Å². The fraction of sp³-hybridized carbons (Fsp3) is 0.200. The van der Waals surface area contributed by atoms with Gasteiger partial charge in [0, 0.05) is 48.1 Å². The Kier molecular flexibility index (Phi) is 6.70. The zero-order valence-corrected chi connectivity index (χ0v) is 18.9. The molecule has 3 aromatic rings. The molecule has 1 amide bonds. The third kappa shape index (κ3) is 5.21. The monoisotopic (exact) mass is 465 g/mol. The Bertz CT molecular complexity index is 1160. The van der Waals surface area contributed by atoms with E-state index < -0.39 is 11.9 Å². The minimum atomic E-state index is -1.10. The first-order valence-electron chi connectivity index (χ1n) is 10.5. The number of carboxylic acid groups (broad SMARTS) is 1. The maximum absolute atomic E-state index is 12.6. The van der Waals surface area contributed by atoms with Gasteiger partial charge < -0.3 is 25.0 Å². The lowest BCUT2D eigenvalue weighted by molar-refractivity contribution is 0.0698. The smallest absolute Gasteiger partial charge is 0.337 e. The molecule has 0 aliphatic carbocycles. The number of rotatable bonds is 6. The molecule has 7 nitrogen and oxygen atoms in total. The number of hydrogen-bond acceptors (Lipinski definition) is 5. The molecule has 1 heterocycles. The number of nitrogens with zero attached hydrogens (tertiary/aromatic N) is 2. The quantitative estimate of drug-likeness (QED) is 0.552. The van der Waals surface area contributed by atoms with Crippen molar-refractivity contribution in [3.8, 4) is 5.75 Å². The lowest BCUT2D eigenvalue weighted by Gasteiger charge is -2.37. The van der Waals surface area contributed by atoms with Gasteiger partial charge in [-0.05, 0) is 60.7 Å². The molecule has 3 aromatic carbocycles. The fourth-order valence-electron chi connectivity index (χ4n) is 3.85. The van der Waals surface area contributed by atoms with E-state index in [0.29, 0.717) is 10.6 Å². The van der Waals surface area contributed by atoms with Crippen molar-refractivity contribution in [1.82, 2.24) is 0 Å². The standard InChI is InChI=1S/C25H24ClN3O4/c1-33-21-8-5-19(6-9-21)28-11-13-29(14-12-28)20-7-10-23(22(16-20)25(31)32)27-24(30)17-3-2-4-18(26)15-17/h2-10,15-16H,11-14H2,1H3,(H,27,30)(H,31,32). The third-order valence-electron chi connectivity index (χ3n) is 5.65. The first-order valence-corrected chi connectivity index (χ1v) is 10.9. The summed E-state index contributed by atoms with van der Waals surface area (Å²) in [6.45, 7) is 3.11. The van der Waals surface area contributed by atoms with Crippen LogP contribution in [0.3, 0.4) is 0 Å². The molecule has 0 atom stereocenters. The molecule has 0 aromatic heterocycles. The van der Waals surface area contributed by atoms with Gasteiger partial charge in [0.1, 0.15) is 5.75 Å². The largest absolute Gasteiger partial charge is 0.497 e. The molecule has 170 valence electrons. The van der Waals surface area contributed by atoms with E-state index in [2.05, 4.69) is 15.1 Å². The molecule has 0 unspecified atom stereocenters. The van der Waals surface area contributed by atoms with Gasteiger partial charge in [-0.2, -0.15) is 0 Å². The van der Waals surface area contributed by atoms with Crippen molar-refractivity contribution in [1.29, 1.82) is 0 Å². The molecule has 8 heteroatoms. The predicted octanol–water partition coefficient (Wildman–Crippen LogP) is 4.63. The highest BCUT2D eigenvalue weighted by Crippen LogP contribution is 2.27. The second kappa shape index (κ2) is 9.83. The van der Waals surface area contributed by atoms with Crippen LogP contribution < -0.4 is 19.9 Å². The number of hydrogen-bond donors (Lipinski definition) is 2. The van der Waals surface area contributed by atoms with Crippen LogP contribution in [0.4, 0.5) is 17.1 Å². The number of benzene rings is 3. The summed E-state index contributed by atoms with van der Waals surface area (Å²) in [6.07, 6.45) is 0. The van der Waals surface area contributed by atoms with Gasteiger partial charge in [-0.3, -0.25) is 4.79 Å². The lowest BCUT2D eigenvalue weighted by atomic mass is 10.1. The van der Waals surface area contributed by atoms with Crippen molar-refractivity contribution in [2.24, 2.45) is 0 Å². The molecule has 0 bridgehead atoms. The number of methoxy groups -OCH3 is 1. The van der Waals surface area contributed by atoms with Gasteiger partial charge >= 0.3 is 5.97 Å². The van der Waals surface area contributed by atoms with Crippen LogP contribution in [0.1, 0.15) is 20.7 Å². The van der Waals surface area contributed by atoms with Gasteiger partial charge in [0.2, 0.25) is 0 Å². The Labute approximate surface area is 197 Å². The van der Waals surface area contributed by atoms with Crippen LogP contribution in [0, 0.1) is 0 Å². The normalized spacial score (nSPS) is 13.5. The number of aromatic carboxylic acids is 1. The Balaban J connectivity index is 1.46. The molecule has 33 heavy (non-hydrogen) atoms. The average molecular weight is 466 g/mol. The second-order valence-electron chi connectivity index (χ2n) is 7.67. The predicted molar refractivity (Wildman–Crippen MR) is 130 cm³/mol. The number of carbonyl (C=O) groups is 2. The number of ether oxygens (including phenoxy) is 1. The van der Waals surface area contributed by atoms with E-state index in [1.54, 1.807) is 37.4 Å². The van der Waals surface area contributed by atoms with Gasteiger partial charge in [0.05, 0.1) is 18.4 Å². The maximum atomic E-state index is 12.6. The van der Waals surface area contributed by atoms with Crippen LogP contribution in [0.2, 0.25) is 5.02 Å². The Hall–Kier alpha value is -3.71. The molecular formula is C25H24ClN3O4. The SMILES string of the molecule is COc1ccc(N2CCN(c3ccc(NC(=O)c4cccc(Cl)c4)c(C(=O)O)c3)CC2)cc1. The summed E-state index contributed by atoms with van der Waals surface area (Å²) in [5.74, 6) is -0.697. The van der Waals surface area contributed by atoms with E-state index in [0.717, 1.165) is 43.3 Å². The van der Waals surface area contributed by atoms with E-state index in [1.807, 2.05) is 30.3 Å². The highest BCUT2D eigenvalue weighted by Gasteiger charge is 2.21. The number of amides is 1. The van der Waals surface area contributed by atoms with E-state index in [-0.39, 0.29) is 11.3 Å². The first-order chi connectivity index (χ1) is 15.9. The van der Waals surface area contributed by atoms with Crippen molar-refractivity contribution in [3.63, 3.8) is 0 Å². The lowest BCUT2D eigenvalue weighted by Crippen LogP contribution is -2.46. The summed E-state index contributed by atoms with van der Waals surface area (Å²) in [7, 11) is 1.65. The molecule has 0 radical (unpaired) electrons. The van der Waals surface area contributed by atoms with Crippen LogP contribution in [-0.2, 0) is 0 Å². The topological polar surface area (TPSA) is 82.1 Å². The van der Waals surface area contributed by atoms with Crippen molar-refractivity contribution in [3.05, 3.63) is 82.9 Å². The van der Waals surface area contributed by atoms with Crippen LogP contribution in [0.25, 0.3) is 0 Å². The van der Waals surface area contributed by atoms with Crippen LogP contribution in [0.15, 0.2) is 66.7 Å². The van der Waals surface area contributed by atoms with Crippen LogP contribution in [0.5, 0.6) is 5.75 Å². The van der Waals surface area contributed by atoms with Gasteiger partial charge in [0.15, 0.2) is 0 Å². The summed E-state index contributed by atoms with van der Waals surface area (Å²) < 4.78 is 5.22. The Morgan fingerprint density at radius 3 is 2.15 bits per heavy atom. The van der Waals surface area contributed by atoms with E-state index >= 15 is 0 Å². The van der Waals surface area contributed by atoms with Gasteiger partial charge in [-0.25, -0.2) is 4.79 Å². The summed E-state index contributed by atoms with van der Waals surface area (Å²) in [5.41, 5.74) is 2.58. The molecule has 0 spiro atoms. The minimum absolute atomic E-state index is 0.0421. The van der Waals surface area contributed by atoms with Crippen molar-refractivity contribution in [2.75, 3.05) is 48.4 Å². The van der Waals surface area contributed by atoms with Crippen molar-refractivity contribution >= 4 is 40.5 Å². The molecule has 0 saturated carbocycles. The Morgan fingerprint density at radius 2 is 1.55 bits per heavy atom. The molecular weight excluding hydrogens is 442 g/mol. The van der Waals surface area contributed by atoms with Crippen LogP contribution >= 0.6 is 11.6 Å². The molecule has 1 aliphatic heterocycles. The average Bonchev–Trinajstić information content (AvgIpc) is 2.84. The first kappa shape index (κ1) is 22.5. The van der Waals surface area contributed by atoms with E-state index in [1.165, 1.54) is 6.07 Å². The number of piperazine rings is 1. The molecule has 1 aliphatic rings. The van der Waals surface area contributed by atoms with Crippen LogP contribution in [-0.4, -0.2) is 50.3 Å². The highest BCUT2D eigenvalue weighted by molar-refractivity contribution is 6.31. The number of halogens is 1. The molecule has 2 N–H and O–H groups in total. The maximum Gasteiger partial charge on any atom is 0.337 e. The zero-order chi connectivity index (χ0) is 23.4. The van der Waals surface area contributed by atoms with Crippen molar-refractivity contribution in [2.45, 2.75) is 0 Å². The summed E-state index contributed by atoms with van der Waals surface area (Å²) in [4.78, 5) is 28.9. The van der Waals surface area contributed by atoms with E-state index in [4.69, 9.17) is 16.3 Å². The molecule has 1 saturated heterocycles. The summed E-state index contributed by atoms with van der Waals surface area (Å²) >= 11 is 5.95. The highest BCUT2D eigenvalue weighted by atomic mass is 35.5. The number of carboxylic acids is 1. The third-order valence-corrected chi connectivity index (χ3v) is 5.89. The number of carbonyl (C=O) groups excluding carboxylic acids is 1. The van der Waals surface area contributed by atoms with Gasteiger partial charge in [-0.15, -0.1) is 0 Å². The minimum Gasteiger partial charge on any atom is -0.497 e.